The molecule has 0 amide bonds. The standard InChI is InChI=1S/C11H15F3N2O7S4/c1-25(17,18)23-5-4-10(24)16-8-3-2-7(27(15,21)22)6-9(8)26(19,20)11(12,13)14/h2-3,6,10,16,24H,4-5H2,1H3,(H2,15,21,22)/t10-/m1/s1. The van der Waals surface area contributed by atoms with Crippen molar-refractivity contribution < 1.29 is 42.6 Å². The lowest BCUT2D eigenvalue weighted by atomic mass is 10.3. The van der Waals surface area contributed by atoms with Gasteiger partial charge in [0.05, 0.1) is 28.8 Å². The minimum absolute atomic E-state index is 0.140. The van der Waals surface area contributed by atoms with Gasteiger partial charge < -0.3 is 5.32 Å². The molecule has 1 rings (SSSR count). The fourth-order valence-electron chi connectivity index (χ4n) is 1.71. The van der Waals surface area contributed by atoms with Gasteiger partial charge in [0.25, 0.3) is 20.0 Å². The fourth-order valence-corrected chi connectivity index (χ4v) is 3.91. The van der Waals surface area contributed by atoms with E-state index in [2.05, 4.69) is 22.1 Å². The molecule has 0 saturated heterocycles. The molecular weight excluding hydrogens is 457 g/mol. The predicted octanol–water partition coefficient (Wildman–Crippen LogP) is 0.662. The molecule has 1 aromatic carbocycles. The van der Waals surface area contributed by atoms with E-state index in [1.165, 1.54) is 0 Å². The SMILES string of the molecule is CS(=O)(=O)OCC[C@@H](S)Nc1ccc(S(N)(=O)=O)cc1S(=O)(=O)C(F)(F)F. The normalized spacial score (nSPS) is 14.7. The molecule has 0 radical (unpaired) electrons. The van der Waals surface area contributed by atoms with Gasteiger partial charge in [-0.2, -0.15) is 34.2 Å². The number of hydrogen-bond acceptors (Lipinski definition) is 9. The van der Waals surface area contributed by atoms with E-state index in [9.17, 15) is 38.4 Å². The lowest BCUT2D eigenvalue weighted by Crippen LogP contribution is -2.26. The van der Waals surface area contributed by atoms with Crippen molar-refractivity contribution in [2.24, 2.45) is 5.14 Å². The van der Waals surface area contributed by atoms with Gasteiger partial charge in [-0.3, -0.25) is 4.18 Å². The van der Waals surface area contributed by atoms with Crippen molar-refractivity contribution in [3.05, 3.63) is 18.2 Å². The van der Waals surface area contributed by atoms with E-state index >= 15 is 0 Å². The number of nitrogens with two attached hydrogens (primary N) is 1. The van der Waals surface area contributed by atoms with Crippen molar-refractivity contribution in [2.75, 3.05) is 18.2 Å². The van der Waals surface area contributed by atoms with Crippen LogP contribution in [0.1, 0.15) is 6.42 Å². The van der Waals surface area contributed by atoms with Crippen LogP contribution >= 0.6 is 12.6 Å². The van der Waals surface area contributed by atoms with E-state index in [4.69, 9.17) is 5.14 Å². The second kappa shape index (κ2) is 8.12. The number of nitrogens with one attached hydrogen (secondary N) is 1. The van der Waals surface area contributed by atoms with Gasteiger partial charge in [-0.15, -0.1) is 0 Å². The van der Waals surface area contributed by atoms with Gasteiger partial charge in [-0.05, 0) is 18.2 Å². The van der Waals surface area contributed by atoms with Gasteiger partial charge in [-0.25, -0.2) is 22.0 Å². The number of rotatable bonds is 8. The summed E-state index contributed by atoms with van der Waals surface area (Å²) in [5, 5.41) is 6.13. The second-order valence-corrected chi connectivity index (χ2v) is 10.9. The van der Waals surface area contributed by atoms with Gasteiger partial charge >= 0.3 is 5.51 Å². The molecule has 1 aromatic rings. The lowest BCUT2D eigenvalue weighted by molar-refractivity contribution is -0.0435. The van der Waals surface area contributed by atoms with Crippen molar-refractivity contribution >= 4 is 48.3 Å². The Kier molecular flexibility index (Phi) is 7.21. The Balaban J connectivity index is 3.27. The first-order valence-corrected chi connectivity index (χ1v) is 12.1. The molecule has 3 N–H and O–H groups in total. The average molecular weight is 473 g/mol. The number of primary sulfonamides is 1. The largest absolute Gasteiger partial charge is 0.501 e. The summed E-state index contributed by atoms with van der Waals surface area (Å²) in [6.07, 6.45) is 0.645. The second-order valence-electron chi connectivity index (χ2n) is 5.13. The van der Waals surface area contributed by atoms with Crippen LogP contribution in [0.25, 0.3) is 0 Å². The first kappa shape index (κ1) is 24.0. The summed E-state index contributed by atoms with van der Waals surface area (Å²) in [6, 6.07) is 1.85. The van der Waals surface area contributed by atoms with Crippen molar-refractivity contribution in [1.29, 1.82) is 0 Å². The number of benzene rings is 1. The van der Waals surface area contributed by atoms with E-state index in [1.807, 2.05) is 0 Å². The highest BCUT2D eigenvalue weighted by Gasteiger charge is 2.48. The summed E-state index contributed by atoms with van der Waals surface area (Å²) in [6.45, 7) is -0.378. The molecule has 0 aromatic heterocycles. The van der Waals surface area contributed by atoms with E-state index in [1.54, 1.807) is 0 Å². The smallest absolute Gasteiger partial charge is 0.372 e. The van der Waals surface area contributed by atoms with Crippen LogP contribution in [-0.2, 0) is 34.2 Å². The molecule has 0 aliphatic rings. The van der Waals surface area contributed by atoms with Crippen LogP contribution < -0.4 is 10.5 Å². The maximum atomic E-state index is 12.9. The van der Waals surface area contributed by atoms with Crippen LogP contribution in [0.2, 0.25) is 0 Å². The molecule has 0 saturated carbocycles. The number of sulfonamides is 1. The van der Waals surface area contributed by atoms with E-state index in [0.717, 1.165) is 18.4 Å². The summed E-state index contributed by atoms with van der Waals surface area (Å²) in [4.78, 5) is -2.21. The van der Waals surface area contributed by atoms with Crippen LogP contribution in [0.5, 0.6) is 0 Å². The molecule has 156 valence electrons. The third-order valence-corrected chi connectivity index (χ3v) is 6.31. The zero-order valence-electron chi connectivity index (χ0n) is 13.5. The molecule has 0 bridgehead atoms. The first-order valence-electron chi connectivity index (χ1n) is 6.72. The molecule has 9 nitrogen and oxygen atoms in total. The number of anilines is 1. The first-order chi connectivity index (χ1) is 11.9. The van der Waals surface area contributed by atoms with Crippen LogP contribution in [0.3, 0.4) is 0 Å². The fraction of sp³-hybridized carbons (Fsp3) is 0.455. The van der Waals surface area contributed by atoms with Crippen LogP contribution in [0, 0.1) is 0 Å². The van der Waals surface area contributed by atoms with Gasteiger partial charge in [-0.1, -0.05) is 0 Å². The Morgan fingerprint density at radius 2 is 1.74 bits per heavy atom. The molecule has 0 aliphatic heterocycles. The van der Waals surface area contributed by atoms with Crippen LogP contribution in [0.4, 0.5) is 18.9 Å². The molecule has 0 aliphatic carbocycles. The summed E-state index contributed by atoms with van der Waals surface area (Å²) in [5.74, 6) is 0. The Hall–Kier alpha value is -1.07. The lowest BCUT2D eigenvalue weighted by Gasteiger charge is -2.19. The summed E-state index contributed by atoms with van der Waals surface area (Å²) < 4.78 is 111. The highest BCUT2D eigenvalue weighted by Crippen LogP contribution is 2.36. The Labute approximate surface area is 159 Å². The van der Waals surface area contributed by atoms with Crippen molar-refractivity contribution in [1.82, 2.24) is 0 Å². The molecule has 0 fully saturated rings. The van der Waals surface area contributed by atoms with Crippen LogP contribution in [0.15, 0.2) is 28.0 Å². The minimum atomic E-state index is -5.92. The Morgan fingerprint density at radius 3 is 2.19 bits per heavy atom. The Bertz CT molecular complexity index is 1000. The molecule has 1 atom stereocenters. The number of halogens is 3. The minimum Gasteiger partial charge on any atom is -0.372 e. The maximum absolute atomic E-state index is 12.9. The van der Waals surface area contributed by atoms with Gasteiger partial charge in [0.15, 0.2) is 0 Å². The molecule has 27 heavy (non-hydrogen) atoms. The summed E-state index contributed by atoms with van der Waals surface area (Å²) >= 11 is 3.96. The van der Waals surface area contributed by atoms with Crippen LogP contribution in [-0.4, -0.2) is 49.0 Å². The molecule has 0 unspecified atom stereocenters. The highest BCUT2D eigenvalue weighted by molar-refractivity contribution is 7.92. The molecule has 0 spiro atoms. The van der Waals surface area contributed by atoms with E-state index in [0.29, 0.717) is 0 Å². The third-order valence-electron chi connectivity index (χ3n) is 2.89. The van der Waals surface area contributed by atoms with Crippen molar-refractivity contribution in [3.8, 4) is 0 Å². The van der Waals surface area contributed by atoms with E-state index < -0.39 is 56.3 Å². The van der Waals surface area contributed by atoms with Gasteiger partial charge in [0.1, 0.15) is 4.90 Å². The topological polar surface area (TPSA) is 150 Å². The zero-order valence-corrected chi connectivity index (χ0v) is 16.8. The third kappa shape index (κ3) is 6.79. The predicted molar refractivity (Wildman–Crippen MR) is 92.9 cm³/mol. The van der Waals surface area contributed by atoms with Gasteiger partial charge in [0.2, 0.25) is 10.0 Å². The number of hydrogen-bond donors (Lipinski definition) is 3. The zero-order chi connectivity index (χ0) is 21.3. The average Bonchev–Trinajstić information content (AvgIpc) is 2.43. The number of sulfone groups is 1. The molecular formula is C11H15F3N2O7S4. The number of alkyl halides is 3. The number of thiol groups is 1. The summed E-state index contributed by atoms with van der Waals surface area (Å²) in [7, 11) is -14.1. The van der Waals surface area contributed by atoms with E-state index in [-0.39, 0.29) is 19.1 Å². The monoisotopic (exact) mass is 472 g/mol. The summed E-state index contributed by atoms with van der Waals surface area (Å²) in [5.41, 5.74) is -6.30. The molecule has 16 heteroatoms. The molecule has 0 heterocycles. The Morgan fingerprint density at radius 1 is 1.19 bits per heavy atom. The maximum Gasteiger partial charge on any atom is 0.501 e. The quantitative estimate of drug-likeness (QED) is 0.284. The van der Waals surface area contributed by atoms with Gasteiger partial charge in [0, 0.05) is 6.42 Å². The van der Waals surface area contributed by atoms with Crippen molar-refractivity contribution in [3.63, 3.8) is 0 Å². The highest BCUT2D eigenvalue weighted by atomic mass is 32.2. The van der Waals surface area contributed by atoms with Crippen molar-refractivity contribution in [2.45, 2.75) is 27.1 Å².